The molecule has 2 aliphatic rings. The lowest BCUT2D eigenvalue weighted by Crippen LogP contribution is -2.17. The number of thioether (sulfide) groups is 1. The first-order valence-corrected chi connectivity index (χ1v) is 18.8. The summed E-state index contributed by atoms with van der Waals surface area (Å²) in [7, 11) is 0. The zero-order valence-electron chi connectivity index (χ0n) is 27.8. The number of benzene rings is 6. The lowest BCUT2D eigenvalue weighted by atomic mass is 9.86. The van der Waals surface area contributed by atoms with Crippen LogP contribution in [0, 0.1) is 0 Å². The summed E-state index contributed by atoms with van der Waals surface area (Å²) in [6, 6.07) is 50.7. The molecule has 0 radical (unpaired) electrons. The average molecular weight is 692 g/mol. The fraction of sp³-hybridized carbons (Fsp3) is 0.0435. The van der Waals surface area contributed by atoms with E-state index in [4.69, 9.17) is 15.7 Å². The number of hydrogen-bond acceptors (Lipinski definition) is 3. The van der Waals surface area contributed by atoms with E-state index < -0.39 is 0 Å². The molecule has 1 aliphatic heterocycles. The van der Waals surface area contributed by atoms with Gasteiger partial charge in [0.05, 0.1) is 5.70 Å². The molecule has 2 heterocycles. The molecule has 1 atom stereocenters. The van der Waals surface area contributed by atoms with Crippen LogP contribution in [0.25, 0.3) is 48.1 Å². The number of aliphatic imine (C=N–C) groups is 2. The Hall–Kier alpha value is -5.75. The smallest absolute Gasteiger partial charge is 0.162 e. The zero-order chi connectivity index (χ0) is 34.3. The van der Waals surface area contributed by atoms with Crippen LogP contribution in [0.5, 0.6) is 0 Å². The van der Waals surface area contributed by atoms with Gasteiger partial charge < -0.3 is 5.73 Å². The van der Waals surface area contributed by atoms with Gasteiger partial charge in [-0.1, -0.05) is 146 Å². The molecule has 1 aromatic heterocycles. The molecule has 0 bridgehead atoms. The van der Waals surface area contributed by atoms with E-state index in [1.165, 1.54) is 41.8 Å². The highest BCUT2D eigenvalue weighted by atomic mass is 32.2. The number of hydrogen-bond donors (Lipinski definition) is 1. The molecular weight excluding hydrogens is 659 g/mol. The van der Waals surface area contributed by atoms with Gasteiger partial charge in [-0.25, -0.2) is 9.98 Å². The third-order valence-electron chi connectivity index (χ3n) is 9.60. The van der Waals surface area contributed by atoms with Crippen molar-refractivity contribution >= 4 is 71.8 Å². The Morgan fingerprint density at radius 2 is 1.37 bits per heavy atom. The van der Waals surface area contributed by atoms with E-state index in [0.29, 0.717) is 22.6 Å². The number of nitrogens with two attached hydrogens (primary N) is 1. The summed E-state index contributed by atoms with van der Waals surface area (Å²) in [4.78, 5) is 11.7. The number of allylic oxidation sites excluding steroid dienone is 3. The minimum absolute atomic E-state index is 0.385. The Kier molecular flexibility index (Phi) is 8.07. The van der Waals surface area contributed by atoms with Crippen LogP contribution in [-0.4, -0.2) is 16.9 Å². The largest absolute Gasteiger partial charge is 0.383 e. The van der Waals surface area contributed by atoms with Gasteiger partial charge in [0.25, 0.3) is 0 Å². The van der Waals surface area contributed by atoms with Crippen molar-refractivity contribution in [1.29, 1.82) is 0 Å². The van der Waals surface area contributed by atoms with Crippen LogP contribution in [0.1, 0.15) is 34.2 Å². The zero-order valence-corrected chi connectivity index (χ0v) is 29.4. The molecule has 51 heavy (non-hydrogen) atoms. The van der Waals surface area contributed by atoms with Gasteiger partial charge in [0.15, 0.2) is 5.84 Å². The third kappa shape index (κ3) is 5.75. The van der Waals surface area contributed by atoms with E-state index in [-0.39, 0.29) is 0 Å². The fourth-order valence-electron chi connectivity index (χ4n) is 7.16. The maximum absolute atomic E-state index is 6.80. The first kappa shape index (κ1) is 31.2. The number of rotatable bonds is 6. The first-order chi connectivity index (χ1) is 25.1. The maximum Gasteiger partial charge on any atom is 0.162 e. The second kappa shape index (κ2) is 13.2. The minimum atomic E-state index is 0.385. The molecule has 2 N–H and O–H groups in total. The topological polar surface area (TPSA) is 50.7 Å². The van der Waals surface area contributed by atoms with Crippen molar-refractivity contribution in [3.63, 3.8) is 0 Å². The van der Waals surface area contributed by atoms with E-state index in [0.717, 1.165) is 39.8 Å². The third-order valence-corrected chi connectivity index (χ3v) is 12.1. The number of thiophene rings is 1. The second-order valence-corrected chi connectivity index (χ2v) is 15.0. The minimum Gasteiger partial charge on any atom is -0.383 e. The van der Waals surface area contributed by atoms with Crippen LogP contribution in [0.15, 0.2) is 179 Å². The summed E-state index contributed by atoms with van der Waals surface area (Å²) < 4.78 is 2.49. The maximum atomic E-state index is 6.80. The standard InChI is InChI=1S/C46H33N3S2/c1-29(30-14-4-2-5-15-30)48-46(49-45(47)31-16-6-3-7-17-31)39-28-32(33-20-13-25-42-43(33)38-19-9-11-24-41(38)50-42)26-27-34(39)36-21-12-22-37-35-18-8-10-23-40(35)51-44(36)37/h2-24,26-28,42H,1,25H2,(H2,47,48,49). The van der Waals surface area contributed by atoms with Crippen molar-refractivity contribution in [2.45, 2.75) is 16.6 Å². The van der Waals surface area contributed by atoms with Crippen LogP contribution < -0.4 is 5.73 Å². The van der Waals surface area contributed by atoms with Gasteiger partial charge in [0, 0.05) is 47.0 Å². The molecule has 244 valence electrons. The predicted octanol–water partition coefficient (Wildman–Crippen LogP) is 11.9. The summed E-state index contributed by atoms with van der Waals surface area (Å²) in [6.07, 6.45) is 5.62. The molecule has 5 heteroatoms. The molecular formula is C46H33N3S2. The molecule has 0 fully saturated rings. The Bertz CT molecular complexity index is 2610. The first-order valence-electron chi connectivity index (χ1n) is 17.1. The summed E-state index contributed by atoms with van der Waals surface area (Å²) in [5.41, 5.74) is 17.3. The van der Waals surface area contributed by atoms with E-state index in [1.54, 1.807) is 0 Å². The van der Waals surface area contributed by atoms with E-state index in [1.807, 2.05) is 83.8 Å². The van der Waals surface area contributed by atoms with Crippen molar-refractivity contribution < 1.29 is 0 Å². The van der Waals surface area contributed by atoms with Crippen molar-refractivity contribution in [1.82, 2.24) is 0 Å². The molecule has 9 rings (SSSR count). The number of fused-ring (bicyclic) bond motifs is 6. The average Bonchev–Trinajstić information content (AvgIpc) is 3.77. The quantitative estimate of drug-likeness (QED) is 0.139. The molecule has 0 saturated heterocycles. The van der Waals surface area contributed by atoms with Crippen molar-refractivity contribution in [3.8, 4) is 11.1 Å². The van der Waals surface area contributed by atoms with Gasteiger partial charge in [0.1, 0.15) is 5.84 Å². The lowest BCUT2D eigenvalue weighted by Gasteiger charge is -2.21. The monoisotopic (exact) mass is 691 g/mol. The normalized spacial score (nSPS) is 15.7. The Morgan fingerprint density at radius 1 is 0.667 bits per heavy atom. The molecule has 1 aliphatic carbocycles. The van der Waals surface area contributed by atoms with Crippen LogP contribution in [0.2, 0.25) is 0 Å². The number of amidine groups is 2. The highest BCUT2D eigenvalue weighted by molar-refractivity contribution is 8.00. The van der Waals surface area contributed by atoms with Crippen molar-refractivity contribution in [2.24, 2.45) is 15.7 Å². The van der Waals surface area contributed by atoms with E-state index >= 15 is 0 Å². The van der Waals surface area contributed by atoms with Crippen LogP contribution in [0.4, 0.5) is 0 Å². The summed E-state index contributed by atoms with van der Waals surface area (Å²) >= 11 is 3.78. The summed E-state index contributed by atoms with van der Waals surface area (Å²) in [5, 5.41) is 2.89. The summed E-state index contributed by atoms with van der Waals surface area (Å²) in [5.74, 6) is 0.913. The van der Waals surface area contributed by atoms with Crippen LogP contribution in [-0.2, 0) is 0 Å². The van der Waals surface area contributed by atoms with Crippen molar-refractivity contribution in [3.05, 3.63) is 192 Å². The van der Waals surface area contributed by atoms with Gasteiger partial charge >= 0.3 is 0 Å². The van der Waals surface area contributed by atoms with E-state index in [2.05, 4.69) is 104 Å². The molecule has 3 nitrogen and oxygen atoms in total. The van der Waals surface area contributed by atoms with Gasteiger partial charge in [-0.05, 0) is 58.0 Å². The molecule has 0 saturated carbocycles. The Balaban J connectivity index is 1.32. The number of nitrogens with zero attached hydrogens (tertiary/aromatic N) is 2. The Labute approximate surface area is 305 Å². The highest BCUT2D eigenvalue weighted by Crippen LogP contribution is 2.51. The van der Waals surface area contributed by atoms with E-state index in [9.17, 15) is 0 Å². The fourth-order valence-corrected chi connectivity index (χ4v) is 9.74. The van der Waals surface area contributed by atoms with Crippen LogP contribution in [0.3, 0.4) is 0 Å². The molecule has 6 aromatic carbocycles. The van der Waals surface area contributed by atoms with Crippen molar-refractivity contribution in [2.75, 3.05) is 0 Å². The molecule has 0 amide bonds. The SMILES string of the molecule is C=C(N=C(N=C(N)c1ccccc1)c1cc(C2=C3c4ccccc4SC3CC=C2)ccc1-c1cccc2c1sc1ccccc12)c1ccccc1. The molecule has 7 aromatic rings. The van der Waals surface area contributed by atoms with Gasteiger partial charge in [-0.2, -0.15) is 0 Å². The highest BCUT2D eigenvalue weighted by Gasteiger charge is 2.31. The Morgan fingerprint density at radius 3 is 2.22 bits per heavy atom. The van der Waals surface area contributed by atoms with Gasteiger partial charge in [-0.3, -0.25) is 0 Å². The lowest BCUT2D eigenvalue weighted by molar-refractivity contribution is 1.09. The molecule has 1 unspecified atom stereocenters. The summed E-state index contributed by atoms with van der Waals surface area (Å²) in [6.45, 7) is 4.41. The van der Waals surface area contributed by atoms with Gasteiger partial charge in [0.2, 0.25) is 0 Å². The molecule has 0 spiro atoms. The van der Waals surface area contributed by atoms with Crippen LogP contribution >= 0.6 is 23.1 Å². The van der Waals surface area contributed by atoms with Gasteiger partial charge in [-0.15, -0.1) is 23.1 Å². The predicted molar refractivity (Wildman–Crippen MR) is 221 cm³/mol. The second-order valence-electron chi connectivity index (χ2n) is 12.7.